The Labute approximate surface area is 129 Å². The first kappa shape index (κ1) is 13.9. The molecule has 2 aliphatic rings. The van der Waals surface area contributed by atoms with Crippen LogP contribution in [0.15, 0.2) is 22.8 Å². The molecule has 0 N–H and O–H groups in total. The number of aliphatic imine (C=N–C) groups is 1. The Morgan fingerprint density at radius 1 is 1.45 bits per heavy atom. The standard InChI is InChI=1S/C13H10ClNO3S2/c1-2-19-13-15-9(12(16)20-13)3-7-4-10-11(5-8(7)14)18-6-17-10/h3-5H,2,6H2,1H3/b9-3-. The van der Waals surface area contributed by atoms with E-state index in [0.29, 0.717) is 27.8 Å². The number of halogens is 1. The second kappa shape index (κ2) is 5.71. The number of benzene rings is 1. The zero-order valence-electron chi connectivity index (χ0n) is 10.5. The predicted molar refractivity (Wildman–Crippen MR) is 83.7 cm³/mol. The number of carbonyl (C=O) groups is 1. The van der Waals surface area contributed by atoms with Crippen molar-refractivity contribution in [2.75, 3.05) is 12.5 Å². The summed E-state index contributed by atoms with van der Waals surface area (Å²) in [6.07, 6.45) is 1.68. The van der Waals surface area contributed by atoms with Gasteiger partial charge >= 0.3 is 0 Å². The predicted octanol–water partition coefficient (Wildman–Crippen LogP) is 3.79. The normalized spacial score (nSPS) is 18.8. The van der Waals surface area contributed by atoms with E-state index in [1.165, 1.54) is 0 Å². The second-order valence-corrected chi connectivity index (χ2v) is 6.84. The number of hydrogen-bond acceptors (Lipinski definition) is 6. The van der Waals surface area contributed by atoms with Gasteiger partial charge in [0.25, 0.3) is 0 Å². The number of nitrogens with zero attached hydrogens (tertiary/aromatic N) is 1. The summed E-state index contributed by atoms with van der Waals surface area (Å²) in [5.74, 6) is 2.14. The molecule has 0 spiro atoms. The summed E-state index contributed by atoms with van der Waals surface area (Å²) in [6, 6.07) is 3.45. The summed E-state index contributed by atoms with van der Waals surface area (Å²) >= 11 is 8.89. The molecule has 0 atom stereocenters. The summed E-state index contributed by atoms with van der Waals surface area (Å²) in [7, 11) is 0. The molecule has 1 aromatic rings. The molecular weight excluding hydrogens is 318 g/mol. The monoisotopic (exact) mass is 327 g/mol. The van der Waals surface area contributed by atoms with Gasteiger partial charge in [-0.15, -0.1) is 0 Å². The van der Waals surface area contributed by atoms with Crippen LogP contribution in [0.25, 0.3) is 6.08 Å². The minimum absolute atomic E-state index is 0.0605. The molecule has 2 aliphatic heterocycles. The van der Waals surface area contributed by atoms with Crippen LogP contribution in [-0.2, 0) is 4.79 Å². The molecule has 3 rings (SSSR count). The zero-order valence-corrected chi connectivity index (χ0v) is 12.9. The molecule has 0 saturated carbocycles. The first-order valence-corrected chi connectivity index (χ1v) is 8.10. The number of thioether (sulfide) groups is 2. The Kier molecular flexibility index (Phi) is 3.96. The Hall–Kier alpha value is -1.11. The summed E-state index contributed by atoms with van der Waals surface area (Å²) in [6.45, 7) is 2.21. The van der Waals surface area contributed by atoms with Gasteiger partial charge in [-0.2, -0.15) is 0 Å². The van der Waals surface area contributed by atoms with Gasteiger partial charge in [-0.3, -0.25) is 4.79 Å². The third-order valence-corrected chi connectivity index (χ3v) is 4.87. The van der Waals surface area contributed by atoms with E-state index in [9.17, 15) is 4.79 Å². The molecule has 104 valence electrons. The maximum atomic E-state index is 11.9. The van der Waals surface area contributed by atoms with Crippen LogP contribution in [0.5, 0.6) is 11.5 Å². The van der Waals surface area contributed by atoms with Gasteiger partial charge in [0.2, 0.25) is 11.9 Å². The van der Waals surface area contributed by atoms with Crippen LogP contribution in [0.4, 0.5) is 0 Å². The van der Waals surface area contributed by atoms with E-state index in [2.05, 4.69) is 4.99 Å². The molecule has 0 bridgehead atoms. The lowest BCUT2D eigenvalue weighted by atomic mass is 10.1. The van der Waals surface area contributed by atoms with E-state index in [4.69, 9.17) is 21.1 Å². The molecular formula is C13H10ClNO3S2. The lowest BCUT2D eigenvalue weighted by Gasteiger charge is -2.01. The van der Waals surface area contributed by atoms with Gasteiger partial charge in [-0.05, 0) is 35.2 Å². The molecule has 0 amide bonds. The van der Waals surface area contributed by atoms with Crippen LogP contribution in [0, 0.1) is 0 Å². The Morgan fingerprint density at radius 2 is 2.20 bits per heavy atom. The lowest BCUT2D eigenvalue weighted by Crippen LogP contribution is -1.92. The van der Waals surface area contributed by atoms with Crippen molar-refractivity contribution in [3.8, 4) is 11.5 Å². The van der Waals surface area contributed by atoms with E-state index in [0.717, 1.165) is 21.9 Å². The van der Waals surface area contributed by atoms with Gasteiger partial charge in [0.1, 0.15) is 10.1 Å². The molecule has 0 saturated heterocycles. The van der Waals surface area contributed by atoms with Crippen LogP contribution in [0.3, 0.4) is 0 Å². The van der Waals surface area contributed by atoms with E-state index in [-0.39, 0.29) is 11.9 Å². The Bertz CT molecular complexity index is 643. The maximum Gasteiger partial charge on any atom is 0.244 e. The van der Waals surface area contributed by atoms with Crippen molar-refractivity contribution >= 4 is 50.7 Å². The number of carbonyl (C=O) groups excluding carboxylic acids is 1. The maximum absolute atomic E-state index is 11.9. The highest BCUT2D eigenvalue weighted by Crippen LogP contribution is 2.38. The first-order chi connectivity index (χ1) is 9.67. The van der Waals surface area contributed by atoms with Crippen molar-refractivity contribution in [3.63, 3.8) is 0 Å². The SMILES string of the molecule is CCSC1=N/C(=C\c2cc3c(cc2Cl)OCO3)C(=O)S1. The summed E-state index contributed by atoms with van der Waals surface area (Å²) in [5, 5.41) is 0.445. The fourth-order valence-electron chi connectivity index (χ4n) is 1.77. The highest BCUT2D eigenvalue weighted by molar-refractivity contribution is 8.45. The van der Waals surface area contributed by atoms with E-state index >= 15 is 0 Å². The molecule has 0 aliphatic carbocycles. The van der Waals surface area contributed by atoms with Crippen LogP contribution < -0.4 is 9.47 Å². The quantitative estimate of drug-likeness (QED) is 0.773. The molecule has 0 radical (unpaired) electrons. The fourth-order valence-corrected chi connectivity index (χ4v) is 3.71. The Morgan fingerprint density at radius 3 is 2.95 bits per heavy atom. The van der Waals surface area contributed by atoms with Crippen LogP contribution >= 0.6 is 35.1 Å². The topological polar surface area (TPSA) is 47.9 Å². The van der Waals surface area contributed by atoms with Crippen molar-refractivity contribution in [2.45, 2.75) is 6.92 Å². The van der Waals surface area contributed by atoms with Crippen molar-refractivity contribution in [1.29, 1.82) is 0 Å². The van der Waals surface area contributed by atoms with E-state index < -0.39 is 0 Å². The number of hydrogen-bond donors (Lipinski definition) is 0. The third-order valence-electron chi connectivity index (χ3n) is 2.65. The van der Waals surface area contributed by atoms with Crippen molar-refractivity contribution in [3.05, 3.63) is 28.4 Å². The number of fused-ring (bicyclic) bond motifs is 1. The number of rotatable bonds is 2. The molecule has 7 heteroatoms. The zero-order chi connectivity index (χ0) is 14.1. The summed E-state index contributed by atoms with van der Waals surface area (Å²) in [5.41, 5.74) is 1.11. The number of ether oxygens (including phenoxy) is 2. The van der Waals surface area contributed by atoms with Crippen LogP contribution in [0.1, 0.15) is 12.5 Å². The van der Waals surface area contributed by atoms with E-state index in [1.54, 1.807) is 30.0 Å². The summed E-state index contributed by atoms with van der Waals surface area (Å²) in [4.78, 5) is 16.2. The fraction of sp³-hybridized carbons (Fsp3) is 0.231. The van der Waals surface area contributed by atoms with Crippen LogP contribution in [0.2, 0.25) is 5.02 Å². The van der Waals surface area contributed by atoms with E-state index in [1.807, 2.05) is 6.92 Å². The molecule has 0 aromatic heterocycles. The molecule has 20 heavy (non-hydrogen) atoms. The van der Waals surface area contributed by atoms with Crippen molar-refractivity contribution < 1.29 is 14.3 Å². The van der Waals surface area contributed by atoms with Gasteiger partial charge in [-0.25, -0.2) is 4.99 Å². The minimum atomic E-state index is -0.0605. The smallest absolute Gasteiger partial charge is 0.244 e. The Balaban J connectivity index is 1.94. The third kappa shape index (κ3) is 2.68. The summed E-state index contributed by atoms with van der Waals surface area (Å²) < 4.78 is 11.3. The highest BCUT2D eigenvalue weighted by Gasteiger charge is 2.23. The minimum Gasteiger partial charge on any atom is -0.454 e. The molecule has 4 nitrogen and oxygen atoms in total. The van der Waals surface area contributed by atoms with Crippen LogP contribution in [-0.4, -0.2) is 22.0 Å². The largest absolute Gasteiger partial charge is 0.454 e. The van der Waals surface area contributed by atoms with Gasteiger partial charge in [-0.1, -0.05) is 30.3 Å². The van der Waals surface area contributed by atoms with Crippen molar-refractivity contribution in [1.82, 2.24) is 0 Å². The molecule has 1 aromatic carbocycles. The van der Waals surface area contributed by atoms with Gasteiger partial charge < -0.3 is 9.47 Å². The van der Waals surface area contributed by atoms with Gasteiger partial charge in [0.05, 0.1) is 5.02 Å². The average Bonchev–Trinajstić information content (AvgIpc) is 2.98. The first-order valence-electron chi connectivity index (χ1n) is 5.92. The average molecular weight is 328 g/mol. The lowest BCUT2D eigenvalue weighted by molar-refractivity contribution is -0.107. The molecule has 0 fully saturated rings. The van der Waals surface area contributed by atoms with Crippen molar-refractivity contribution in [2.24, 2.45) is 4.99 Å². The highest BCUT2D eigenvalue weighted by atomic mass is 35.5. The molecule has 0 unspecified atom stereocenters. The second-order valence-electron chi connectivity index (χ2n) is 3.96. The van der Waals surface area contributed by atoms with Gasteiger partial charge in [0, 0.05) is 6.07 Å². The van der Waals surface area contributed by atoms with Gasteiger partial charge in [0.15, 0.2) is 11.5 Å². The molecule has 2 heterocycles.